The number of nitrogens with one attached hydrogen (secondary N) is 1. The summed E-state index contributed by atoms with van der Waals surface area (Å²) in [6.45, 7) is 4.71. The van der Waals surface area contributed by atoms with Crippen molar-refractivity contribution in [1.29, 1.82) is 0 Å². The number of benzene rings is 1. The molecule has 5 heteroatoms. The summed E-state index contributed by atoms with van der Waals surface area (Å²) in [6, 6.07) is 5.56. The van der Waals surface area contributed by atoms with Crippen LogP contribution in [0.25, 0.3) is 0 Å². The maximum Gasteiger partial charge on any atom is 0.338 e. The number of aryl methyl sites for hydroxylation is 2. The van der Waals surface area contributed by atoms with Gasteiger partial charge in [0, 0.05) is 13.2 Å². The fraction of sp³-hybridized carbons (Fsp3) is 0.500. The average molecular weight is 291 g/mol. The standard InChI is InChI=1S/C16H21NO4/c1-11-5-6-12(2)14(8-11)16(19)21-10-15(18)17-9-13-4-3-7-20-13/h5-6,8,13H,3-4,7,9-10H2,1-2H3,(H,17,18). The second-order valence-electron chi connectivity index (χ2n) is 5.33. The predicted molar refractivity (Wildman–Crippen MR) is 78.2 cm³/mol. The topological polar surface area (TPSA) is 64.6 Å². The van der Waals surface area contributed by atoms with Crippen molar-refractivity contribution in [2.45, 2.75) is 32.8 Å². The van der Waals surface area contributed by atoms with Gasteiger partial charge in [-0.1, -0.05) is 17.7 Å². The van der Waals surface area contributed by atoms with Crippen LogP contribution in [0.5, 0.6) is 0 Å². The Bertz CT molecular complexity index is 521. The Morgan fingerprint density at radius 1 is 1.38 bits per heavy atom. The van der Waals surface area contributed by atoms with E-state index in [-0.39, 0.29) is 18.6 Å². The van der Waals surface area contributed by atoms with Crippen molar-refractivity contribution in [2.24, 2.45) is 0 Å². The highest BCUT2D eigenvalue weighted by Crippen LogP contribution is 2.12. The first kappa shape index (κ1) is 15.5. The van der Waals surface area contributed by atoms with Crippen molar-refractivity contribution in [3.05, 3.63) is 34.9 Å². The van der Waals surface area contributed by atoms with Gasteiger partial charge in [0.05, 0.1) is 11.7 Å². The molecule has 0 radical (unpaired) electrons. The minimum absolute atomic E-state index is 0.0867. The fourth-order valence-corrected chi connectivity index (χ4v) is 2.25. The second kappa shape index (κ2) is 7.22. The van der Waals surface area contributed by atoms with Crippen LogP contribution in [0.2, 0.25) is 0 Å². The van der Waals surface area contributed by atoms with Crippen molar-refractivity contribution < 1.29 is 19.1 Å². The minimum atomic E-state index is -0.469. The summed E-state index contributed by atoms with van der Waals surface area (Å²) in [4.78, 5) is 23.6. The summed E-state index contributed by atoms with van der Waals surface area (Å²) in [5, 5.41) is 2.72. The van der Waals surface area contributed by atoms with E-state index >= 15 is 0 Å². The molecule has 2 rings (SSSR count). The first-order valence-electron chi connectivity index (χ1n) is 7.19. The number of amides is 1. The van der Waals surface area contributed by atoms with Gasteiger partial charge in [-0.3, -0.25) is 4.79 Å². The Labute approximate surface area is 124 Å². The highest BCUT2D eigenvalue weighted by Gasteiger charge is 2.17. The van der Waals surface area contributed by atoms with Gasteiger partial charge >= 0.3 is 5.97 Å². The summed E-state index contributed by atoms with van der Waals surface area (Å²) in [7, 11) is 0. The Morgan fingerprint density at radius 3 is 2.90 bits per heavy atom. The maximum absolute atomic E-state index is 12.0. The van der Waals surface area contributed by atoms with Gasteiger partial charge in [-0.05, 0) is 38.3 Å². The van der Waals surface area contributed by atoms with Crippen molar-refractivity contribution in [3.8, 4) is 0 Å². The molecule has 1 amide bonds. The molecule has 1 saturated heterocycles. The van der Waals surface area contributed by atoms with E-state index in [9.17, 15) is 9.59 Å². The maximum atomic E-state index is 12.0. The van der Waals surface area contributed by atoms with Crippen molar-refractivity contribution in [2.75, 3.05) is 19.8 Å². The summed E-state index contributed by atoms with van der Waals surface area (Å²) < 4.78 is 10.5. The van der Waals surface area contributed by atoms with Crippen LogP contribution in [-0.2, 0) is 14.3 Å². The number of hydrogen-bond donors (Lipinski definition) is 1. The molecule has 0 aromatic heterocycles. The van der Waals surface area contributed by atoms with E-state index in [1.807, 2.05) is 26.0 Å². The molecule has 1 heterocycles. The first-order chi connectivity index (χ1) is 10.1. The zero-order chi connectivity index (χ0) is 15.2. The SMILES string of the molecule is Cc1ccc(C)c(C(=O)OCC(=O)NCC2CCCO2)c1. The van der Waals surface area contributed by atoms with Crippen LogP contribution in [0.3, 0.4) is 0 Å². The Hall–Kier alpha value is -1.88. The number of esters is 1. The number of hydrogen-bond acceptors (Lipinski definition) is 4. The zero-order valence-electron chi connectivity index (χ0n) is 12.5. The lowest BCUT2D eigenvalue weighted by molar-refractivity contribution is -0.124. The summed E-state index contributed by atoms with van der Waals surface area (Å²) in [5.41, 5.74) is 2.32. The van der Waals surface area contributed by atoms with Crippen LogP contribution in [-0.4, -0.2) is 37.7 Å². The molecule has 1 aromatic carbocycles. The molecular weight excluding hydrogens is 270 g/mol. The molecule has 1 aliphatic heterocycles. The molecule has 5 nitrogen and oxygen atoms in total. The second-order valence-corrected chi connectivity index (χ2v) is 5.33. The number of rotatable bonds is 5. The Balaban J connectivity index is 1.77. The van der Waals surface area contributed by atoms with Gasteiger partial charge < -0.3 is 14.8 Å². The molecule has 0 bridgehead atoms. The third kappa shape index (κ3) is 4.56. The highest BCUT2D eigenvalue weighted by atomic mass is 16.5. The molecule has 0 aliphatic carbocycles. The van der Waals surface area contributed by atoms with Gasteiger partial charge in [-0.2, -0.15) is 0 Å². The molecule has 1 atom stereocenters. The van der Waals surface area contributed by atoms with E-state index in [1.54, 1.807) is 6.07 Å². The largest absolute Gasteiger partial charge is 0.452 e. The molecule has 1 aliphatic rings. The Kier molecular flexibility index (Phi) is 5.33. The van der Waals surface area contributed by atoms with Crippen LogP contribution in [0.4, 0.5) is 0 Å². The number of carbonyl (C=O) groups is 2. The highest BCUT2D eigenvalue weighted by molar-refractivity contribution is 5.92. The lowest BCUT2D eigenvalue weighted by atomic mass is 10.1. The average Bonchev–Trinajstić information content (AvgIpc) is 2.98. The molecule has 114 valence electrons. The molecule has 21 heavy (non-hydrogen) atoms. The van der Waals surface area contributed by atoms with Gasteiger partial charge in [0.25, 0.3) is 5.91 Å². The quantitative estimate of drug-likeness (QED) is 0.840. The van der Waals surface area contributed by atoms with E-state index in [1.165, 1.54) is 0 Å². The fourth-order valence-electron chi connectivity index (χ4n) is 2.25. The van der Waals surface area contributed by atoms with Gasteiger partial charge in [-0.15, -0.1) is 0 Å². The molecule has 0 saturated carbocycles. The Morgan fingerprint density at radius 2 is 2.19 bits per heavy atom. The van der Waals surface area contributed by atoms with Crippen LogP contribution in [0, 0.1) is 13.8 Å². The van der Waals surface area contributed by atoms with Crippen molar-refractivity contribution in [1.82, 2.24) is 5.32 Å². The lowest BCUT2D eigenvalue weighted by Crippen LogP contribution is -2.34. The molecule has 1 aromatic rings. The van der Waals surface area contributed by atoms with E-state index in [0.29, 0.717) is 12.1 Å². The van der Waals surface area contributed by atoms with Gasteiger partial charge in [0.2, 0.25) is 0 Å². The predicted octanol–water partition coefficient (Wildman–Crippen LogP) is 1.76. The van der Waals surface area contributed by atoms with Gasteiger partial charge in [-0.25, -0.2) is 4.79 Å². The van der Waals surface area contributed by atoms with Crippen LogP contribution in [0.1, 0.15) is 34.3 Å². The monoisotopic (exact) mass is 291 g/mol. The van der Waals surface area contributed by atoms with E-state index in [4.69, 9.17) is 9.47 Å². The van der Waals surface area contributed by atoms with Crippen molar-refractivity contribution >= 4 is 11.9 Å². The summed E-state index contributed by atoms with van der Waals surface area (Å²) in [6.07, 6.45) is 2.08. The summed E-state index contributed by atoms with van der Waals surface area (Å²) >= 11 is 0. The van der Waals surface area contributed by atoms with E-state index in [0.717, 1.165) is 30.6 Å². The summed E-state index contributed by atoms with van der Waals surface area (Å²) in [5.74, 6) is -0.771. The van der Waals surface area contributed by atoms with E-state index < -0.39 is 5.97 Å². The third-order valence-electron chi connectivity index (χ3n) is 3.50. The molecule has 1 unspecified atom stereocenters. The van der Waals surface area contributed by atoms with E-state index in [2.05, 4.69) is 5.32 Å². The molecule has 1 fully saturated rings. The third-order valence-corrected chi connectivity index (χ3v) is 3.50. The van der Waals surface area contributed by atoms with Crippen LogP contribution < -0.4 is 5.32 Å². The minimum Gasteiger partial charge on any atom is -0.452 e. The van der Waals surface area contributed by atoms with Gasteiger partial charge in [0.15, 0.2) is 6.61 Å². The van der Waals surface area contributed by atoms with Crippen LogP contribution >= 0.6 is 0 Å². The molecular formula is C16H21NO4. The number of ether oxygens (including phenoxy) is 2. The zero-order valence-corrected chi connectivity index (χ0v) is 12.5. The lowest BCUT2D eigenvalue weighted by Gasteiger charge is -2.11. The number of carbonyl (C=O) groups excluding carboxylic acids is 2. The van der Waals surface area contributed by atoms with Crippen molar-refractivity contribution in [3.63, 3.8) is 0 Å². The first-order valence-corrected chi connectivity index (χ1v) is 7.19. The molecule has 0 spiro atoms. The van der Waals surface area contributed by atoms with Gasteiger partial charge in [0.1, 0.15) is 0 Å². The molecule has 1 N–H and O–H groups in total. The normalized spacial score (nSPS) is 17.5. The smallest absolute Gasteiger partial charge is 0.338 e. The van der Waals surface area contributed by atoms with Crippen LogP contribution in [0.15, 0.2) is 18.2 Å².